The molecule has 18 heavy (non-hydrogen) atoms. The van der Waals surface area contributed by atoms with Gasteiger partial charge in [-0.3, -0.25) is 0 Å². The molecule has 100 valence electrons. The molecule has 1 fully saturated rings. The maximum Gasteiger partial charge on any atom is 0.229 e. The summed E-state index contributed by atoms with van der Waals surface area (Å²) in [7, 11) is 3.52. The van der Waals surface area contributed by atoms with Crippen molar-refractivity contribution in [2.45, 2.75) is 37.8 Å². The van der Waals surface area contributed by atoms with Gasteiger partial charge >= 0.3 is 0 Å². The molecule has 1 heterocycles. The Balaban J connectivity index is 1.95. The average molecular weight is 252 g/mol. The first-order valence-corrected chi connectivity index (χ1v) is 6.20. The van der Waals surface area contributed by atoms with Crippen LogP contribution in [0.25, 0.3) is 0 Å². The third-order valence-corrected chi connectivity index (χ3v) is 3.22. The van der Waals surface area contributed by atoms with Gasteiger partial charge in [-0.2, -0.15) is 15.0 Å². The summed E-state index contributed by atoms with van der Waals surface area (Å²) in [4.78, 5) is 12.3. The Labute approximate surface area is 107 Å². The summed E-state index contributed by atoms with van der Waals surface area (Å²) < 4.78 is 5.35. The molecule has 1 aromatic rings. The van der Waals surface area contributed by atoms with Gasteiger partial charge in [-0.25, -0.2) is 0 Å². The molecule has 2 rings (SSSR count). The van der Waals surface area contributed by atoms with E-state index in [2.05, 4.69) is 25.6 Å². The lowest BCUT2D eigenvalue weighted by Crippen LogP contribution is -2.30. The van der Waals surface area contributed by atoms with E-state index in [1.165, 1.54) is 0 Å². The summed E-state index contributed by atoms with van der Waals surface area (Å²) in [6, 6.07) is 0.378. The summed E-state index contributed by atoms with van der Waals surface area (Å²) in [6.45, 7) is 0. The first-order chi connectivity index (χ1) is 8.71. The van der Waals surface area contributed by atoms with Crippen molar-refractivity contribution in [3.8, 4) is 0 Å². The number of nitrogen functional groups attached to an aromatic ring is 1. The number of nitrogens with one attached hydrogen (secondary N) is 2. The maximum absolute atomic E-state index is 5.62. The number of rotatable bonds is 4. The smallest absolute Gasteiger partial charge is 0.229 e. The second kappa shape index (κ2) is 5.81. The molecule has 1 aliphatic rings. The average Bonchev–Trinajstić information content (AvgIpc) is 2.39. The summed E-state index contributed by atoms with van der Waals surface area (Å²) in [5.74, 6) is 1.24. The van der Waals surface area contributed by atoms with Crippen LogP contribution < -0.4 is 16.4 Å². The highest BCUT2D eigenvalue weighted by Crippen LogP contribution is 2.23. The van der Waals surface area contributed by atoms with Gasteiger partial charge in [0, 0.05) is 20.2 Å². The lowest BCUT2D eigenvalue weighted by molar-refractivity contribution is 0.0681. The van der Waals surface area contributed by atoms with Crippen LogP contribution in [0.3, 0.4) is 0 Å². The van der Waals surface area contributed by atoms with Crippen molar-refractivity contribution in [2.24, 2.45) is 0 Å². The molecule has 1 aromatic heterocycles. The molecule has 0 aromatic carbocycles. The maximum atomic E-state index is 5.62. The van der Waals surface area contributed by atoms with E-state index in [9.17, 15) is 0 Å². The number of nitrogens with two attached hydrogens (primary N) is 1. The fourth-order valence-corrected chi connectivity index (χ4v) is 2.19. The van der Waals surface area contributed by atoms with Gasteiger partial charge in [0.15, 0.2) is 0 Å². The van der Waals surface area contributed by atoms with E-state index in [-0.39, 0.29) is 5.95 Å². The van der Waals surface area contributed by atoms with E-state index in [4.69, 9.17) is 10.5 Å². The Hall–Kier alpha value is -1.63. The van der Waals surface area contributed by atoms with Crippen LogP contribution in [0.4, 0.5) is 17.8 Å². The van der Waals surface area contributed by atoms with Crippen molar-refractivity contribution in [1.82, 2.24) is 15.0 Å². The lowest BCUT2D eigenvalue weighted by atomic mass is 9.93. The Morgan fingerprint density at radius 3 is 2.39 bits per heavy atom. The fraction of sp³-hybridized carbons (Fsp3) is 0.727. The minimum absolute atomic E-state index is 0.224. The molecule has 0 saturated heterocycles. The molecule has 7 heteroatoms. The van der Waals surface area contributed by atoms with Crippen LogP contribution >= 0.6 is 0 Å². The van der Waals surface area contributed by atoms with Gasteiger partial charge in [0.1, 0.15) is 0 Å². The van der Waals surface area contributed by atoms with Crippen LogP contribution in [0, 0.1) is 0 Å². The molecular formula is C11H20N6O. The zero-order chi connectivity index (χ0) is 13.0. The molecule has 0 atom stereocenters. The van der Waals surface area contributed by atoms with E-state index in [1.807, 2.05) is 0 Å². The van der Waals surface area contributed by atoms with Crippen LogP contribution in [0.1, 0.15) is 25.7 Å². The highest BCUT2D eigenvalue weighted by Gasteiger charge is 2.21. The zero-order valence-electron chi connectivity index (χ0n) is 10.8. The lowest BCUT2D eigenvalue weighted by Gasteiger charge is -2.28. The molecular weight excluding hydrogens is 232 g/mol. The number of hydrogen-bond donors (Lipinski definition) is 3. The number of aromatic nitrogens is 3. The molecule has 0 unspecified atom stereocenters. The highest BCUT2D eigenvalue weighted by atomic mass is 16.5. The first-order valence-electron chi connectivity index (χ1n) is 6.20. The van der Waals surface area contributed by atoms with Crippen molar-refractivity contribution in [3.05, 3.63) is 0 Å². The first kappa shape index (κ1) is 12.8. The normalized spacial score (nSPS) is 23.7. The van der Waals surface area contributed by atoms with Gasteiger partial charge in [-0.05, 0) is 25.7 Å². The van der Waals surface area contributed by atoms with Crippen molar-refractivity contribution >= 4 is 17.8 Å². The van der Waals surface area contributed by atoms with E-state index >= 15 is 0 Å². The van der Waals surface area contributed by atoms with Gasteiger partial charge in [0.05, 0.1) is 6.10 Å². The molecule has 1 saturated carbocycles. The zero-order valence-corrected chi connectivity index (χ0v) is 10.8. The molecule has 0 radical (unpaired) electrons. The van der Waals surface area contributed by atoms with Gasteiger partial charge in [0.25, 0.3) is 0 Å². The summed E-state index contributed by atoms with van der Waals surface area (Å²) in [5.41, 5.74) is 5.62. The van der Waals surface area contributed by atoms with E-state index in [0.717, 1.165) is 25.7 Å². The van der Waals surface area contributed by atoms with Gasteiger partial charge in [0.2, 0.25) is 17.8 Å². The Morgan fingerprint density at radius 1 is 1.11 bits per heavy atom. The Kier molecular flexibility index (Phi) is 4.14. The molecule has 0 aliphatic heterocycles. The van der Waals surface area contributed by atoms with Crippen LogP contribution in [-0.2, 0) is 4.74 Å². The Bertz CT molecular complexity index is 391. The van der Waals surface area contributed by atoms with Crippen molar-refractivity contribution in [1.29, 1.82) is 0 Å². The fourth-order valence-electron chi connectivity index (χ4n) is 2.19. The molecule has 7 nitrogen and oxygen atoms in total. The molecule has 0 amide bonds. The van der Waals surface area contributed by atoms with Gasteiger partial charge < -0.3 is 21.1 Å². The van der Waals surface area contributed by atoms with Crippen LogP contribution in [-0.4, -0.2) is 41.3 Å². The second-order valence-electron chi connectivity index (χ2n) is 4.44. The molecule has 1 aliphatic carbocycles. The topological polar surface area (TPSA) is 98.0 Å². The minimum atomic E-state index is 0.224. The third-order valence-electron chi connectivity index (χ3n) is 3.22. The predicted molar refractivity (Wildman–Crippen MR) is 70.5 cm³/mol. The van der Waals surface area contributed by atoms with E-state index in [0.29, 0.717) is 24.0 Å². The van der Waals surface area contributed by atoms with Crippen LogP contribution in [0.2, 0.25) is 0 Å². The minimum Gasteiger partial charge on any atom is -0.381 e. The number of ether oxygens (including phenoxy) is 1. The number of methoxy groups -OCH3 is 1. The summed E-state index contributed by atoms with van der Waals surface area (Å²) >= 11 is 0. The van der Waals surface area contributed by atoms with Crippen LogP contribution in [0.5, 0.6) is 0 Å². The van der Waals surface area contributed by atoms with E-state index < -0.39 is 0 Å². The van der Waals surface area contributed by atoms with Crippen molar-refractivity contribution in [3.63, 3.8) is 0 Å². The van der Waals surface area contributed by atoms with E-state index in [1.54, 1.807) is 14.2 Å². The monoisotopic (exact) mass is 252 g/mol. The summed E-state index contributed by atoms with van der Waals surface area (Å²) in [5, 5.41) is 6.16. The highest BCUT2D eigenvalue weighted by molar-refractivity contribution is 5.40. The quantitative estimate of drug-likeness (QED) is 0.731. The van der Waals surface area contributed by atoms with Crippen molar-refractivity contribution in [2.75, 3.05) is 30.5 Å². The predicted octanol–water partition coefficient (Wildman–Crippen LogP) is 0.865. The third kappa shape index (κ3) is 3.19. The SMILES string of the molecule is CNc1nc(N)nc(NC2CCC(OC)CC2)n1. The number of anilines is 3. The second-order valence-corrected chi connectivity index (χ2v) is 4.44. The number of hydrogen-bond acceptors (Lipinski definition) is 7. The number of nitrogens with zero attached hydrogens (tertiary/aromatic N) is 3. The summed E-state index contributed by atoms with van der Waals surface area (Å²) in [6.07, 6.45) is 4.62. The van der Waals surface area contributed by atoms with Crippen LogP contribution in [0.15, 0.2) is 0 Å². The van der Waals surface area contributed by atoms with Gasteiger partial charge in [-0.1, -0.05) is 0 Å². The largest absolute Gasteiger partial charge is 0.381 e. The van der Waals surface area contributed by atoms with Crippen molar-refractivity contribution < 1.29 is 4.74 Å². The standard InChI is InChI=1S/C11H20N6O/c1-13-10-15-9(12)16-11(17-10)14-7-3-5-8(18-2)6-4-7/h7-8H,3-6H2,1-2H3,(H4,12,13,14,15,16,17). The Morgan fingerprint density at radius 2 is 1.78 bits per heavy atom. The van der Waals surface area contributed by atoms with Gasteiger partial charge in [-0.15, -0.1) is 0 Å². The molecule has 0 bridgehead atoms. The molecule has 4 N–H and O–H groups in total. The molecule has 0 spiro atoms.